The molecule has 2 atom stereocenters. The number of nitrogens with one attached hydrogen (secondary N) is 2. The number of oxazole rings is 2. The maximum Gasteiger partial charge on any atom is 0.310 e. The first kappa shape index (κ1) is 28.6. The molecule has 2 aliphatic rings. The largest absolute Gasteiger partial charge is 0.441 e. The zero-order valence-electron chi connectivity index (χ0n) is 25.4. The summed E-state index contributed by atoms with van der Waals surface area (Å²) >= 11 is 0. The van der Waals surface area contributed by atoms with E-state index in [4.69, 9.17) is 8.83 Å². The SMILES string of the molecule is O=C(c1ncco1)N1CC[C@H](CNc2ncc(-c3ccc4cc(-c5cnc([C@@H]6CCCN6C(=O)c6ncco6)[nH]5)ccc4c3)cn2)C1. The summed E-state index contributed by atoms with van der Waals surface area (Å²) in [4.78, 5) is 54.1. The standard InChI is InChI=1S/C34H31N9O4/c44-32(30-35-8-12-46-30)42-11-7-21(20-42)16-38-34-39-17-26(18-40-34)24-4-3-23-15-25(6-5-22(23)14-24)27-19-37-29(41-27)28-2-1-10-43(28)33(45)31-36-9-13-47-31/h3-6,8-9,12-15,17-19,21,28H,1-2,7,10-11,16,20H2,(H,37,41)(H,38,39,40)/t21-,28+/m1/s1. The molecule has 4 aromatic heterocycles. The van der Waals surface area contributed by atoms with Crippen LogP contribution in [0.2, 0.25) is 0 Å². The molecule has 2 aromatic carbocycles. The van der Waals surface area contributed by atoms with Gasteiger partial charge in [0.25, 0.3) is 11.8 Å². The molecule has 13 nitrogen and oxygen atoms in total. The highest BCUT2D eigenvalue weighted by Crippen LogP contribution is 2.33. The van der Waals surface area contributed by atoms with E-state index >= 15 is 0 Å². The second kappa shape index (κ2) is 12.2. The van der Waals surface area contributed by atoms with E-state index in [9.17, 15) is 9.59 Å². The number of likely N-dealkylation sites (tertiary alicyclic amines) is 2. The minimum atomic E-state index is -0.219. The number of aromatic nitrogens is 6. The van der Waals surface area contributed by atoms with Crippen molar-refractivity contribution in [2.24, 2.45) is 5.92 Å². The lowest BCUT2D eigenvalue weighted by molar-refractivity contribution is 0.0689. The lowest BCUT2D eigenvalue weighted by atomic mass is 10.0. The molecule has 6 heterocycles. The Morgan fingerprint density at radius 1 is 0.809 bits per heavy atom. The number of hydrogen-bond acceptors (Lipinski definition) is 10. The molecule has 2 fully saturated rings. The first-order valence-electron chi connectivity index (χ1n) is 15.6. The van der Waals surface area contributed by atoms with E-state index in [1.165, 1.54) is 24.9 Å². The fourth-order valence-electron chi connectivity index (χ4n) is 6.44. The Morgan fingerprint density at radius 2 is 1.53 bits per heavy atom. The molecule has 0 bridgehead atoms. The average molecular weight is 630 g/mol. The van der Waals surface area contributed by atoms with Crippen LogP contribution in [0.15, 0.2) is 88.7 Å². The van der Waals surface area contributed by atoms with E-state index in [-0.39, 0.29) is 29.6 Å². The van der Waals surface area contributed by atoms with E-state index < -0.39 is 0 Å². The Balaban J connectivity index is 0.905. The summed E-state index contributed by atoms with van der Waals surface area (Å²) in [6, 6.07) is 12.4. The van der Waals surface area contributed by atoms with Crippen LogP contribution in [-0.4, -0.2) is 77.7 Å². The second-order valence-electron chi connectivity index (χ2n) is 11.9. The predicted octanol–water partition coefficient (Wildman–Crippen LogP) is 5.21. The number of aromatic amines is 1. The van der Waals surface area contributed by atoms with Crippen LogP contribution >= 0.6 is 0 Å². The number of hydrogen-bond donors (Lipinski definition) is 2. The second-order valence-corrected chi connectivity index (χ2v) is 11.9. The third-order valence-corrected chi connectivity index (χ3v) is 8.91. The minimum absolute atomic E-state index is 0.100. The van der Waals surface area contributed by atoms with Crippen molar-refractivity contribution in [3.05, 3.63) is 97.5 Å². The maximum absolute atomic E-state index is 12.9. The molecule has 0 saturated carbocycles. The molecule has 13 heteroatoms. The van der Waals surface area contributed by atoms with Gasteiger partial charge in [0, 0.05) is 49.7 Å². The summed E-state index contributed by atoms with van der Waals surface area (Å²) < 4.78 is 10.4. The van der Waals surface area contributed by atoms with Gasteiger partial charge in [-0.25, -0.2) is 24.9 Å². The van der Waals surface area contributed by atoms with Gasteiger partial charge >= 0.3 is 11.8 Å². The zero-order valence-corrected chi connectivity index (χ0v) is 25.4. The number of rotatable bonds is 8. The number of anilines is 1. The quantitative estimate of drug-likeness (QED) is 0.229. The molecule has 2 N–H and O–H groups in total. The van der Waals surface area contributed by atoms with Crippen LogP contribution in [0.25, 0.3) is 33.2 Å². The van der Waals surface area contributed by atoms with Gasteiger partial charge in [0.1, 0.15) is 18.4 Å². The van der Waals surface area contributed by atoms with Crippen LogP contribution in [-0.2, 0) is 0 Å². The number of carbonyl (C=O) groups excluding carboxylic acids is 2. The van der Waals surface area contributed by atoms with Crippen LogP contribution in [0.4, 0.5) is 5.95 Å². The number of carbonyl (C=O) groups is 2. The molecule has 47 heavy (non-hydrogen) atoms. The fourth-order valence-corrected chi connectivity index (χ4v) is 6.44. The van der Waals surface area contributed by atoms with Gasteiger partial charge in [-0.2, -0.15) is 0 Å². The number of H-pyrrole nitrogens is 1. The van der Waals surface area contributed by atoms with Crippen LogP contribution in [0.5, 0.6) is 0 Å². The van der Waals surface area contributed by atoms with Crippen LogP contribution in [0.1, 0.15) is 52.5 Å². The summed E-state index contributed by atoms with van der Waals surface area (Å²) in [7, 11) is 0. The van der Waals surface area contributed by atoms with Crippen molar-refractivity contribution in [3.63, 3.8) is 0 Å². The van der Waals surface area contributed by atoms with Crippen LogP contribution in [0, 0.1) is 5.92 Å². The predicted molar refractivity (Wildman–Crippen MR) is 171 cm³/mol. The van der Waals surface area contributed by atoms with Gasteiger partial charge in [0.05, 0.1) is 30.3 Å². The van der Waals surface area contributed by atoms with Crippen molar-refractivity contribution in [2.45, 2.75) is 25.3 Å². The number of amides is 2. The van der Waals surface area contributed by atoms with E-state index in [1.54, 1.807) is 9.80 Å². The highest BCUT2D eigenvalue weighted by molar-refractivity contribution is 5.91. The fraction of sp³-hybridized carbons (Fsp3) is 0.265. The van der Waals surface area contributed by atoms with E-state index in [2.05, 4.69) is 71.6 Å². The third-order valence-electron chi connectivity index (χ3n) is 8.91. The summed E-state index contributed by atoms with van der Waals surface area (Å²) in [6.45, 7) is 2.62. The Hall–Kier alpha value is -5.85. The number of benzene rings is 2. The number of imidazole rings is 1. The van der Waals surface area contributed by atoms with E-state index in [1.807, 2.05) is 18.6 Å². The Labute approximate surface area is 269 Å². The van der Waals surface area contributed by atoms with Crippen LogP contribution < -0.4 is 5.32 Å². The molecular weight excluding hydrogens is 598 g/mol. The van der Waals surface area contributed by atoms with Crippen molar-refractivity contribution < 1.29 is 18.4 Å². The van der Waals surface area contributed by atoms with Crippen molar-refractivity contribution in [2.75, 3.05) is 31.5 Å². The molecule has 0 aliphatic carbocycles. The molecule has 2 saturated heterocycles. The lowest BCUT2D eigenvalue weighted by Crippen LogP contribution is -2.31. The minimum Gasteiger partial charge on any atom is -0.441 e. The van der Waals surface area contributed by atoms with Gasteiger partial charge in [-0.05, 0) is 53.6 Å². The topological polar surface area (TPSA) is 159 Å². The third kappa shape index (κ3) is 5.71. The summed E-state index contributed by atoms with van der Waals surface area (Å²) in [5.41, 5.74) is 3.85. The molecule has 236 valence electrons. The van der Waals surface area contributed by atoms with Gasteiger partial charge in [-0.3, -0.25) is 9.59 Å². The Morgan fingerprint density at radius 3 is 2.28 bits per heavy atom. The van der Waals surface area contributed by atoms with Crippen molar-refractivity contribution in [3.8, 4) is 22.4 Å². The van der Waals surface area contributed by atoms with Crippen molar-refractivity contribution in [1.29, 1.82) is 0 Å². The first-order chi connectivity index (χ1) is 23.1. The molecule has 8 rings (SSSR count). The summed E-state index contributed by atoms with van der Waals surface area (Å²) in [6.07, 6.45) is 13.9. The molecular formula is C34H31N9O4. The monoisotopic (exact) mass is 629 g/mol. The van der Waals surface area contributed by atoms with Crippen molar-refractivity contribution >= 4 is 28.5 Å². The van der Waals surface area contributed by atoms with Gasteiger partial charge in [0.15, 0.2) is 0 Å². The zero-order chi connectivity index (χ0) is 31.7. The molecule has 6 aromatic rings. The molecule has 2 aliphatic heterocycles. The molecule has 2 amide bonds. The normalized spacial score (nSPS) is 17.9. The van der Waals surface area contributed by atoms with Crippen LogP contribution in [0.3, 0.4) is 0 Å². The molecule has 0 radical (unpaired) electrons. The smallest absolute Gasteiger partial charge is 0.310 e. The lowest BCUT2D eigenvalue weighted by Gasteiger charge is -2.21. The van der Waals surface area contributed by atoms with Crippen molar-refractivity contribution in [1.82, 2.24) is 39.7 Å². The van der Waals surface area contributed by atoms with Gasteiger partial charge in [-0.15, -0.1) is 0 Å². The van der Waals surface area contributed by atoms with Gasteiger partial charge in [0.2, 0.25) is 5.95 Å². The summed E-state index contributed by atoms with van der Waals surface area (Å²) in [5, 5.41) is 5.50. The van der Waals surface area contributed by atoms with E-state index in [0.29, 0.717) is 38.0 Å². The van der Waals surface area contributed by atoms with Gasteiger partial charge in [-0.1, -0.05) is 24.3 Å². The highest BCUT2D eigenvalue weighted by Gasteiger charge is 2.34. The van der Waals surface area contributed by atoms with E-state index in [0.717, 1.165) is 58.2 Å². The number of fused-ring (bicyclic) bond motifs is 1. The number of nitrogens with zero attached hydrogens (tertiary/aromatic N) is 7. The molecule has 0 spiro atoms. The Bertz CT molecular complexity index is 2020. The first-order valence-corrected chi connectivity index (χ1v) is 15.6. The molecule has 0 unspecified atom stereocenters. The summed E-state index contributed by atoms with van der Waals surface area (Å²) in [5.74, 6) is 1.44. The highest BCUT2D eigenvalue weighted by atomic mass is 16.4. The van der Waals surface area contributed by atoms with Gasteiger partial charge < -0.3 is 28.9 Å². The average Bonchev–Trinajstić information content (AvgIpc) is 3.96. The maximum atomic E-state index is 12.9. The Kier molecular flexibility index (Phi) is 7.40.